The molecule has 3 rings (SSSR count). The number of alkyl halides is 3. The Hall–Kier alpha value is -2.87. The van der Waals surface area contributed by atoms with E-state index in [0.29, 0.717) is 24.1 Å². The number of rotatable bonds is 10. The van der Waals surface area contributed by atoms with E-state index in [9.17, 15) is 22.8 Å². The molecule has 1 saturated carbocycles. The number of carbonyl (C=O) groups is 2. The number of nitrogens with one attached hydrogen (secondary N) is 1. The van der Waals surface area contributed by atoms with Gasteiger partial charge in [-0.3, -0.25) is 9.59 Å². The minimum absolute atomic E-state index is 0.0452. The SMILES string of the molecule is Cc1cc(C(N)=O)cc(C)c1C[C@@H](CNC(=O)C[C@@H](c1ccccc1)C1(C(F)(F)F)CC1)N(C)C. The van der Waals surface area contributed by atoms with Crippen molar-refractivity contribution < 1.29 is 22.8 Å². The predicted octanol–water partition coefficient (Wildman–Crippen LogP) is 4.51. The number of amides is 2. The summed E-state index contributed by atoms with van der Waals surface area (Å²) >= 11 is 0. The van der Waals surface area contributed by atoms with Crippen molar-refractivity contribution >= 4 is 11.8 Å². The summed E-state index contributed by atoms with van der Waals surface area (Å²) in [5.74, 6) is -1.79. The van der Waals surface area contributed by atoms with Gasteiger partial charge in [0, 0.05) is 30.5 Å². The highest BCUT2D eigenvalue weighted by molar-refractivity contribution is 5.93. The van der Waals surface area contributed by atoms with Gasteiger partial charge >= 0.3 is 6.18 Å². The number of hydrogen-bond donors (Lipinski definition) is 2. The fourth-order valence-electron chi connectivity index (χ4n) is 4.90. The number of likely N-dealkylation sites (N-methyl/N-ethyl adjacent to an activating group) is 1. The Morgan fingerprint density at radius 2 is 1.66 bits per heavy atom. The molecule has 1 fully saturated rings. The van der Waals surface area contributed by atoms with Crippen LogP contribution in [0.15, 0.2) is 42.5 Å². The lowest BCUT2D eigenvalue weighted by molar-refractivity contribution is -0.194. The molecule has 2 aromatic rings. The number of carbonyl (C=O) groups excluding carboxylic acids is 2. The number of benzene rings is 2. The molecule has 0 aromatic heterocycles. The minimum Gasteiger partial charge on any atom is -0.366 e. The molecule has 1 aliphatic carbocycles. The number of primary amides is 1. The number of halogens is 3. The molecular formula is C27H34F3N3O2. The quantitative estimate of drug-likeness (QED) is 0.516. The Morgan fingerprint density at radius 1 is 1.09 bits per heavy atom. The summed E-state index contributed by atoms with van der Waals surface area (Å²) in [5, 5.41) is 2.88. The molecular weight excluding hydrogens is 455 g/mol. The van der Waals surface area contributed by atoms with Crippen molar-refractivity contribution in [1.82, 2.24) is 10.2 Å². The average molecular weight is 490 g/mol. The minimum atomic E-state index is -4.36. The monoisotopic (exact) mass is 489 g/mol. The van der Waals surface area contributed by atoms with Gasteiger partial charge in [0.15, 0.2) is 0 Å². The van der Waals surface area contributed by atoms with E-state index < -0.39 is 29.3 Å². The van der Waals surface area contributed by atoms with Crippen LogP contribution >= 0.6 is 0 Å². The van der Waals surface area contributed by atoms with Crippen LogP contribution in [0.5, 0.6) is 0 Å². The van der Waals surface area contributed by atoms with E-state index in [-0.39, 0.29) is 25.3 Å². The van der Waals surface area contributed by atoms with Gasteiger partial charge in [-0.05, 0) is 81.6 Å². The fraction of sp³-hybridized carbons (Fsp3) is 0.481. The molecule has 0 spiro atoms. The van der Waals surface area contributed by atoms with Crippen LogP contribution in [0, 0.1) is 19.3 Å². The van der Waals surface area contributed by atoms with Crippen molar-refractivity contribution in [1.29, 1.82) is 0 Å². The van der Waals surface area contributed by atoms with Crippen LogP contribution in [-0.2, 0) is 11.2 Å². The Balaban J connectivity index is 1.72. The summed E-state index contributed by atoms with van der Waals surface area (Å²) in [7, 11) is 3.80. The molecule has 2 aromatic carbocycles. The summed E-state index contributed by atoms with van der Waals surface area (Å²) in [4.78, 5) is 26.4. The summed E-state index contributed by atoms with van der Waals surface area (Å²) in [6.45, 7) is 4.12. The molecule has 2 amide bonds. The molecule has 2 atom stereocenters. The first-order valence-corrected chi connectivity index (χ1v) is 11.8. The van der Waals surface area contributed by atoms with Gasteiger partial charge in [0.25, 0.3) is 0 Å². The number of hydrogen-bond acceptors (Lipinski definition) is 3. The first kappa shape index (κ1) is 26.7. The van der Waals surface area contributed by atoms with E-state index in [0.717, 1.165) is 16.7 Å². The van der Waals surface area contributed by atoms with Gasteiger partial charge < -0.3 is 16.0 Å². The third kappa shape index (κ3) is 6.04. The third-order valence-electron chi connectivity index (χ3n) is 7.30. The standard InChI is InChI=1S/C27H34F3N3O2/c1-17-12-20(25(31)35)13-18(2)22(17)14-21(33(3)4)16-32-24(34)15-23(19-8-6-5-7-9-19)26(10-11-26)27(28,29)30/h5-9,12-13,21,23H,10-11,14-16H2,1-4H3,(H2,31,35)(H,32,34)/t21-,23-/m0/s1. The first-order chi connectivity index (χ1) is 16.4. The van der Waals surface area contributed by atoms with Crippen molar-refractivity contribution in [2.75, 3.05) is 20.6 Å². The summed E-state index contributed by atoms with van der Waals surface area (Å²) in [6.07, 6.45) is -3.87. The highest BCUT2D eigenvalue weighted by Crippen LogP contribution is 2.66. The van der Waals surface area contributed by atoms with Crippen molar-refractivity contribution in [2.24, 2.45) is 11.1 Å². The number of aryl methyl sites for hydroxylation is 2. The fourth-order valence-corrected chi connectivity index (χ4v) is 4.90. The molecule has 0 saturated heterocycles. The maximum absolute atomic E-state index is 13.9. The molecule has 5 nitrogen and oxygen atoms in total. The van der Waals surface area contributed by atoms with E-state index in [1.807, 2.05) is 32.8 Å². The lowest BCUT2D eigenvalue weighted by atomic mass is 9.80. The highest BCUT2D eigenvalue weighted by Gasteiger charge is 2.67. The molecule has 0 unspecified atom stereocenters. The largest absolute Gasteiger partial charge is 0.395 e. The second kappa shape index (κ2) is 10.4. The second-order valence-electron chi connectivity index (χ2n) is 9.90. The zero-order chi connectivity index (χ0) is 26.0. The molecule has 1 aliphatic rings. The molecule has 3 N–H and O–H groups in total. The van der Waals surface area contributed by atoms with Crippen molar-refractivity contribution in [3.8, 4) is 0 Å². The Labute approximate surface area is 204 Å². The van der Waals surface area contributed by atoms with Gasteiger partial charge in [-0.15, -0.1) is 0 Å². The van der Waals surface area contributed by atoms with Crippen LogP contribution < -0.4 is 11.1 Å². The lowest BCUT2D eigenvalue weighted by Crippen LogP contribution is -2.43. The van der Waals surface area contributed by atoms with Crippen LogP contribution in [-0.4, -0.2) is 49.6 Å². The van der Waals surface area contributed by atoms with Gasteiger partial charge in [0.05, 0.1) is 5.41 Å². The van der Waals surface area contributed by atoms with Crippen molar-refractivity contribution in [2.45, 2.75) is 57.7 Å². The summed E-state index contributed by atoms with van der Waals surface area (Å²) in [5.41, 5.74) is 7.49. The van der Waals surface area contributed by atoms with Gasteiger partial charge in [0.1, 0.15) is 0 Å². The number of nitrogens with two attached hydrogens (primary N) is 1. The van der Waals surface area contributed by atoms with Crippen LogP contribution in [0.2, 0.25) is 0 Å². The Kier molecular flexibility index (Phi) is 7.94. The topological polar surface area (TPSA) is 75.4 Å². The molecule has 0 bridgehead atoms. The van der Waals surface area contributed by atoms with E-state index in [1.165, 1.54) is 0 Å². The lowest BCUT2D eigenvalue weighted by Gasteiger charge is -2.30. The van der Waals surface area contributed by atoms with Crippen LogP contribution in [0.1, 0.15) is 57.8 Å². The molecule has 35 heavy (non-hydrogen) atoms. The van der Waals surface area contributed by atoms with Crippen LogP contribution in [0.25, 0.3) is 0 Å². The normalized spacial score (nSPS) is 16.6. The molecule has 0 heterocycles. The van der Waals surface area contributed by atoms with Gasteiger partial charge in [0.2, 0.25) is 11.8 Å². The van der Waals surface area contributed by atoms with E-state index in [2.05, 4.69) is 5.32 Å². The van der Waals surface area contributed by atoms with Crippen LogP contribution in [0.3, 0.4) is 0 Å². The molecule has 0 aliphatic heterocycles. The zero-order valence-electron chi connectivity index (χ0n) is 20.7. The molecule has 8 heteroatoms. The summed E-state index contributed by atoms with van der Waals surface area (Å²) < 4.78 is 41.8. The van der Waals surface area contributed by atoms with Gasteiger partial charge in [-0.1, -0.05) is 30.3 Å². The summed E-state index contributed by atoms with van der Waals surface area (Å²) in [6, 6.07) is 12.0. The Bertz CT molecular complexity index is 1040. The highest BCUT2D eigenvalue weighted by atomic mass is 19.4. The smallest absolute Gasteiger partial charge is 0.366 e. The maximum atomic E-state index is 13.9. The Morgan fingerprint density at radius 3 is 2.11 bits per heavy atom. The van der Waals surface area contributed by atoms with Crippen molar-refractivity contribution in [3.63, 3.8) is 0 Å². The van der Waals surface area contributed by atoms with Crippen molar-refractivity contribution in [3.05, 3.63) is 70.3 Å². The predicted molar refractivity (Wildman–Crippen MR) is 130 cm³/mol. The zero-order valence-corrected chi connectivity index (χ0v) is 20.7. The average Bonchev–Trinajstić information content (AvgIpc) is 3.58. The molecule has 0 radical (unpaired) electrons. The second-order valence-corrected chi connectivity index (χ2v) is 9.90. The van der Waals surface area contributed by atoms with E-state index in [4.69, 9.17) is 5.73 Å². The first-order valence-electron chi connectivity index (χ1n) is 11.8. The number of nitrogens with zero attached hydrogens (tertiary/aromatic N) is 1. The third-order valence-corrected chi connectivity index (χ3v) is 7.30. The van der Waals surface area contributed by atoms with E-state index in [1.54, 1.807) is 42.5 Å². The van der Waals surface area contributed by atoms with Crippen LogP contribution in [0.4, 0.5) is 13.2 Å². The van der Waals surface area contributed by atoms with Gasteiger partial charge in [-0.2, -0.15) is 13.2 Å². The molecule has 190 valence electrons. The maximum Gasteiger partial charge on any atom is 0.395 e. The van der Waals surface area contributed by atoms with E-state index >= 15 is 0 Å². The van der Waals surface area contributed by atoms with Gasteiger partial charge in [-0.25, -0.2) is 0 Å².